The Morgan fingerprint density at radius 1 is 1.21 bits per heavy atom. The van der Waals surface area contributed by atoms with Crippen LogP contribution in [-0.2, 0) is 16.2 Å². The van der Waals surface area contributed by atoms with Crippen molar-refractivity contribution in [1.82, 2.24) is 9.78 Å². The lowest BCUT2D eigenvalue weighted by Crippen LogP contribution is -2.28. The Morgan fingerprint density at radius 3 is 2.76 bits per heavy atom. The summed E-state index contributed by atoms with van der Waals surface area (Å²) in [6.07, 6.45) is 1.04. The first-order chi connectivity index (χ1) is 14.0. The van der Waals surface area contributed by atoms with E-state index in [4.69, 9.17) is 16.4 Å². The zero-order chi connectivity index (χ0) is 20.4. The lowest BCUT2D eigenvalue weighted by atomic mass is 10.0. The summed E-state index contributed by atoms with van der Waals surface area (Å²) in [7, 11) is 0. The van der Waals surface area contributed by atoms with Gasteiger partial charge in [0.05, 0.1) is 12.3 Å². The van der Waals surface area contributed by atoms with Crippen molar-refractivity contribution < 1.29 is 18.4 Å². The van der Waals surface area contributed by atoms with Gasteiger partial charge in [-0.3, -0.25) is 9.48 Å². The second kappa shape index (κ2) is 8.00. The molecule has 3 aromatic rings. The molecule has 4 rings (SSSR count). The van der Waals surface area contributed by atoms with E-state index in [-0.39, 0.29) is 18.8 Å². The van der Waals surface area contributed by atoms with Crippen LogP contribution in [0.2, 0.25) is 5.02 Å². The number of oxime groups is 1. The van der Waals surface area contributed by atoms with E-state index in [1.54, 1.807) is 30.5 Å². The zero-order valence-electron chi connectivity index (χ0n) is 15.0. The monoisotopic (exact) mass is 416 g/mol. The Hall–Kier alpha value is -3.26. The molecule has 6 nitrogen and oxygen atoms in total. The standard InChI is InChI=1S/C20H15ClF2N4O2/c21-15-2-1-3-16(23)14(15)11-27-9-8-19(25-27)24-20(28)18-10-17(26-29-18)12-4-6-13(22)7-5-12/h1-9,18H,10-11H2,(H,24,25,28). The Morgan fingerprint density at radius 2 is 2.00 bits per heavy atom. The third-order valence-corrected chi connectivity index (χ3v) is 4.77. The van der Waals surface area contributed by atoms with Crippen molar-refractivity contribution >= 4 is 29.0 Å². The van der Waals surface area contributed by atoms with E-state index in [2.05, 4.69) is 15.6 Å². The SMILES string of the molecule is O=C(Nc1ccn(Cc2c(F)cccc2Cl)n1)C1CC(c2ccc(F)cc2)=NO1. The van der Waals surface area contributed by atoms with Crippen molar-refractivity contribution in [2.75, 3.05) is 5.32 Å². The summed E-state index contributed by atoms with van der Waals surface area (Å²) < 4.78 is 28.4. The van der Waals surface area contributed by atoms with E-state index < -0.39 is 17.8 Å². The average molecular weight is 417 g/mol. The second-order valence-electron chi connectivity index (χ2n) is 6.43. The van der Waals surface area contributed by atoms with E-state index in [0.29, 0.717) is 27.7 Å². The molecule has 2 aromatic carbocycles. The van der Waals surface area contributed by atoms with Crippen LogP contribution in [0, 0.1) is 11.6 Å². The van der Waals surface area contributed by atoms with E-state index >= 15 is 0 Å². The normalized spacial score (nSPS) is 15.7. The van der Waals surface area contributed by atoms with Crippen LogP contribution in [0.15, 0.2) is 59.9 Å². The van der Waals surface area contributed by atoms with Crippen LogP contribution in [0.5, 0.6) is 0 Å². The van der Waals surface area contributed by atoms with Gasteiger partial charge in [-0.05, 0) is 29.8 Å². The first-order valence-corrected chi connectivity index (χ1v) is 9.13. The number of nitrogens with one attached hydrogen (secondary N) is 1. The molecule has 1 atom stereocenters. The van der Waals surface area contributed by atoms with Crippen molar-refractivity contribution in [3.05, 3.63) is 82.5 Å². The summed E-state index contributed by atoms with van der Waals surface area (Å²) in [4.78, 5) is 17.6. The van der Waals surface area contributed by atoms with Gasteiger partial charge in [-0.1, -0.05) is 35.0 Å². The largest absolute Gasteiger partial charge is 0.382 e. The molecule has 1 N–H and O–H groups in total. The van der Waals surface area contributed by atoms with Gasteiger partial charge in [-0.15, -0.1) is 0 Å². The van der Waals surface area contributed by atoms with Crippen LogP contribution in [-0.4, -0.2) is 27.5 Å². The predicted molar refractivity (Wildman–Crippen MR) is 104 cm³/mol. The van der Waals surface area contributed by atoms with Gasteiger partial charge in [0.25, 0.3) is 5.91 Å². The second-order valence-corrected chi connectivity index (χ2v) is 6.84. The number of halogens is 3. The first kappa shape index (κ1) is 19.1. The molecular formula is C20H15ClF2N4O2. The van der Waals surface area contributed by atoms with Crippen LogP contribution in [0.1, 0.15) is 17.5 Å². The van der Waals surface area contributed by atoms with E-state index in [1.807, 2.05) is 0 Å². The Labute approximate surface area is 169 Å². The summed E-state index contributed by atoms with van der Waals surface area (Å²) in [5.41, 5.74) is 1.56. The predicted octanol–water partition coefficient (Wildman–Crippen LogP) is 3.99. The smallest absolute Gasteiger partial charge is 0.269 e. The number of hydrogen-bond acceptors (Lipinski definition) is 4. The van der Waals surface area contributed by atoms with Gasteiger partial charge in [0.1, 0.15) is 11.6 Å². The van der Waals surface area contributed by atoms with E-state index in [1.165, 1.54) is 28.9 Å². The number of carbonyl (C=O) groups is 1. The van der Waals surface area contributed by atoms with Crippen LogP contribution in [0.4, 0.5) is 14.6 Å². The molecule has 1 unspecified atom stereocenters. The maximum atomic E-state index is 13.9. The Balaban J connectivity index is 1.37. The van der Waals surface area contributed by atoms with Gasteiger partial charge in [0, 0.05) is 29.3 Å². The highest BCUT2D eigenvalue weighted by Crippen LogP contribution is 2.21. The number of rotatable bonds is 5. The zero-order valence-corrected chi connectivity index (χ0v) is 15.7. The topological polar surface area (TPSA) is 68.5 Å². The number of nitrogens with zero attached hydrogens (tertiary/aromatic N) is 3. The molecule has 0 fully saturated rings. The maximum absolute atomic E-state index is 13.9. The van der Waals surface area contributed by atoms with Gasteiger partial charge < -0.3 is 10.2 Å². The molecule has 9 heteroatoms. The number of anilines is 1. The molecule has 1 aliphatic heterocycles. The lowest BCUT2D eigenvalue weighted by Gasteiger charge is -2.08. The molecule has 0 bridgehead atoms. The molecule has 148 valence electrons. The molecule has 0 spiro atoms. The highest BCUT2D eigenvalue weighted by Gasteiger charge is 2.29. The number of hydrogen-bond donors (Lipinski definition) is 1. The molecule has 1 aliphatic rings. The molecule has 29 heavy (non-hydrogen) atoms. The van der Waals surface area contributed by atoms with Crippen LogP contribution in [0.25, 0.3) is 0 Å². The molecule has 1 amide bonds. The molecule has 2 heterocycles. The number of amides is 1. The fourth-order valence-electron chi connectivity index (χ4n) is 2.90. The van der Waals surface area contributed by atoms with Gasteiger partial charge >= 0.3 is 0 Å². The van der Waals surface area contributed by atoms with Crippen LogP contribution in [0.3, 0.4) is 0 Å². The summed E-state index contributed by atoms with van der Waals surface area (Å²) in [5.74, 6) is -0.903. The van der Waals surface area contributed by atoms with Crippen molar-refractivity contribution in [1.29, 1.82) is 0 Å². The number of aromatic nitrogens is 2. The molecule has 1 aromatic heterocycles. The summed E-state index contributed by atoms with van der Waals surface area (Å²) in [6.45, 7) is 0.124. The van der Waals surface area contributed by atoms with Crippen molar-refractivity contribution in [3.8, 4) is 0 Å². The number of benzene rings is 2. The van der Waals surface area contributed by atoms with E-state index in [0.717, 1.165) is 0 Å². The van der Waals surface area contributed by atoms with Gasteiger partial charge in [0.2, 0.25) is 6.10 Å². The van der Waals surface area contributed by atoms with Gasteiger partial charge in [-0.25, -0.2) is 8.78 Å². The minimum atomic E-state index is -0.818. The van der Waals surface area contributed by atoms with Crippen LogP contribution >= 0.6 is 11.6 Å². The summed E-state index contributed by atoms with van der Waals surface area (Å²) in [6, 6.07) is 11.8. The molecule has 0 aliphatic carbocycles. The number of carbonyl (C=O) groups excluding carboxylic acids is 1. The Kier molecular flexibility index (Phi) is 5.26. The highest BCUT2D eigenvalue weighted by molar-refractivity contribution is 6.31. The maximum Gasteiger partial charge on any atom is 0.269 e. The first-order valence-electron chi connectivity index (χ1n) is 8.75. The summed E-state index contributed by atoms with van der Waals surface area (Å²) in [5, 5.41) is 11.1. The average Bonchev–Trinajstić information content (AvgIpc) is 3.35. The summed E-state index contributed by atoms with van der Waals surface area (Å²) >= 11 is 6.03. The highest BCUT2D eigenvalue weighted by atomic mass is 35.5. The quantitative estimate of drug-likeness (QED) is 0.683. The van der Waals surface area contributed by atoms with E-state index in [9.17, 15) is 13.6 Å². The fraction of sp³-hybridized carbons (Fsp3) is 0.150. The molecule has 0 saturated heterocycles. The fourth-order valence-corrected chi connectivity index (χ4v) is 3.12. The van der Waals surface area contributed by atoms with Crippen molar-refractivity contribution in [2.24, 2.45) is 5.16 Å². The van der Waals surface area contributed by atoms with Crippen molar-refractivity contribution in [2.45, 2.75) is 19.1 Å². The molecular weight excluding hydrogens is 402 g/mol. The van der Waals surface area contributed by atoms with Crippen molar-refractivity contribution in [3.63, 3.8) is 0 Å². The molecule has 0 saturated carbocycles. The third-order valence-electron chi connectivity index (χ3n) is 4.41. The van der Waals surface area contributed by atoms with Gasteiger partial charge in [-0.2, -0.15) is 5.10 Å². The lowest BCUT2D eigenvalue weighted by molar-refractivity contribution is -0.125. The minimum absolute atomic E-state index is 0.124. The third kappa shape index (κ3) is 4.27. The molecule has 0 radical (unpaired) electrons. The van der Waals surface area contributed by atoms with Gasteiger partial charge in [0.15, 0.2) is 5.82 Å². The Bertz CT molecular complexity index is 1060. The minimum Gasteiger partial charge on any atom is -0.382 e. The van der Waals surface area contributed by atoms with Crippen LogP contribution < -0.4 is 5.32 Å².